The minimum Gasteiger partial charge on any atom is -0.254 e. The fraction of sp³-hybridized carbons (Fsp3) is 0.118. The van der Waals surface area contributed by atoms with Crippen molar-refractivity contribution in [2.75, 3.05) is 0 Å². The fourth-order valence-electron chi connectivity index (χ4n) is 2.59. The van der Waals surface area contributed by atoms with Gasteiger partial charge >= 0.3 is 0 Å². The Kier molecular flexibility index (Phi) is 5.19. The molecule has 4 rings (SSSR count). The molecule has 0 fully saturated rings. The normalized spacial score (nSPS) is 12.6. The van der Waals surface area contributed by atoms with E-state index in [2.05, 4.69) is 24.9 Å². The van der Waals surface area contributed by atoms with Gasteiger partial charge in [0, 0.05) is 17.0 Å². The molecule has 0 aliphatic heterocycles. The topological polar surface area (TPSA) is 64.5 Å². The van der Waals surface area contributed by atoms with Crippen molar-refractivity contribution < 1.29 is 0 Å². The second-order valence-electron chi connectivity index (χ2n) is 5.71. The highest BCUT2D eigenvalue weighted by atomic mass is 35.6. The van der Waals surface area contributed by atoms with Crippen molar-refractivity contribution in [2.45, 2.75) is 7.59 Å². The highest BCUT2D eigenvalue weighted by Gasteiger charge is 2.34. The maximum Gasteiger partial charge on any atom is 0.250 e. The third-order valence-corrected chi connectivity index (χ3v) is 4.82. The van der Waals surface area contributed by atoms with Crippen molar-refractivity contribution in [2.24, 2.45) is 0 Å². The van der Waals surface area contributed by atoms with Gasteiger partial charge in [-0.15, -0.1) is 0 Å². The summed E-state index contributed by atoms with van der Waals surface area (Å²) in [5.74, 6) is -0.254. The molecule has 0 aliphatic carbocycles. The van der Waals surface area contributed by atoms with Crippen LogP contribution >= 0.6 is 69.6 Å². The van der Waals surface area contributed by atoms with Crippen molar-refractivity contribution in [1.29, 1.82) is 0 Å². The van der Waals surface area contributed by atoms with Gasteiger partial charge in [0.25, 0.3) is 0 Å². The van der Waals surface area contributed by atoms with Crippen molar-refractivity contribution in [3.8, 4) is 11.5 Å². The summed E-state index contributed by atoms with van der Waals surface area (Å²) in [6.45, 7) is 0. The zero-order chi connectivity index (χ0) is 20.1. The van der Waals surface area contributed by atoms with E-state index in [0.29, 0.717) is 11.2 Å². The summed E-state index contributed by atoms with van der Waals surface area (Å²) in [7, 11) is 0. The Hall–Kier alpha value is -1.21. The van der Waals surface area contributed by atoms with Gasteiger partial charge < -0.3 is 0 Å². The third kappa shape index (κ3) is 3.92. The zero-order valence-electron chi connectivity index (χ0n) is 13.5. The Morgan fingerprint density at radius 2 is 1.18 bits per heavy atom. The number of alkyl halides is 6. The van der Waals surface area contributed by atoms with Crippen LogP contribution in [0.2, 0.25) is 0 Å². The van der Waals surface area contributed by atoms with Crippen molar-refractivity contribution >= 4 is 91.4 Å². The molecular formula is C17H7Cl6N5. The molecular weight excluding hydrogens is 487 g/mol. The van der Waals surface area contributed by atoms with Crippen LogP contribution in [0.4, 0.5) is 0 Å². The monoisotopic (exact) mass is 491 g/mol. The Bertz CT molecular complexity index is 1170. The number of fused-ring (bicyclic) bond motifs is 3. The molecule has 0 radical (unpaired) electrons. The Morgan fingerprint density at radius 1 is 0.607 bits per heavy atom. The van der Waals surface area contributed by atoms with Crippen LogP contribution in [0.25, 0.3) is 33.3 Å². The molecule has 3 aromatic heterocycles. The molecule has 0 atom stereocenters. The summed E-state index contributed by atoms with van der Waals surface area (Å²) in [5.41, 5.74) is 1.79. The number of pyridine rings is 2. The number of rotatable bonds is 1. The van der Waals surface area contributed by atoms with E-state index in [-0.39, 0.29) is 17.5 Å². The standard InChI is InChI=1S/C17H7Cl6N5/c18-16(19,20)14-26-13(27-15(28-14)17(21,22)23)10-6-5-9-4-3-8-2-1-7-24-11(8)12(9)25-10/h1-7H. The second-order valence-corrected chi connectivity index (χ2v) is 10.3. The number of aromatic nitrogens is 5. The van der Waals surface area contributed by atoms with Crippen LogP contribution in [0.15, 0.2) is 42.6 Å². The van der Waals surface area contributed by atoms with Crippen molar-refractivity contribution in [1.82, 2.24) is 24.9 Å². The molecule has 11 heteroatoms. The summed E-state index contributed by atoms with van der Waals surface area (Å²) >= 11 is 35.6. The van der Waals surface area contributed by atoms with E-state index in [1.165, 1.54) is 0 Å². The number of hydrogen-bond acceptors (Lipinski definition) is 5. The van der Waals surface area contributed by atoms with E-state index in [1.54, 1.807) is 12.3 Å². The van der Waals surface area contributed by atoms with Gasteiger partial charge in [0.15, 0.2) is 17.5 Å². The van der Waals surface area contributed by atoms with Crippen LogP contribution in [0.1, 0.15) is 11.6 Å². The molecule has 0 spiro atoms. The smallest absolute Gasteiger partial charge is 0.250 e. The summed E-state index contributed by atoms with van der Waals surface area (Å²) in [5, 5.41) is 1.84. The highest BCUT2D eigenvalue weighted by molar-refractivity contribution is 6.67. The first-order valence-corrected chi connectivity index (χ1v) is 9.95. The Morgan fingerprint density at radius 3 is 1.79 bits per heavy atom. The molecule has 0 bridgehead atoms. The zero-order valence-corrected chi connectivity index (χ0v) is 18.1. The number of nitrogens with zero attached hydrogens (tertiary/aromatic N) is 5. The molecule has 0 N–H and O–H groups in total. The Balaban J connectivity index is 1.98. The quantitative estimate of drug-likeness (QED) is 0.230. The lowest BCUT2D eigenvalue weighted by atomic mass is 10.1. The lowest BCUT2D eigenvalue weighted by molar-refractivity contribution is 0.848. The van der Waals surface area contributed by atoms with Crippen LogP contribution < -0.4 is 0 Å². The molecule has 142 valence electrons. The third-order valence-electron chi connectivity index (χ3n) is 3.80. The molecule has 5 nitrogen and oxygen atoms in total. The molecule has 28 heavy (non-hydrogen) atoms. The molecule has 0 saturated carbocycles. The van der Waals surface area contributed by atoms with Crippen LogP contribution in [-0.4, -0.2) is 24.9 Å². The fourth-order valence-corrected chi connectivity index (χ4v) is 3.10. The van der Waals surface area contributed by atoms with Crippen LogP contribution in [0.5, 0.6) is 0 Å². The molecule has 1 aromatic carbocycles. The molecule has 0 amide bonds. The maximum atomic E-state index is 5.93. The van der Waals surface area contributed by atoms with Gasteiger partial charge in [0.1, 0.15) is 5.69 Å². The summed E-state index contributed by atoms with van der Waals surface area (Å²) in [6, 6.07) is 11.3. The van der Waals surface area contributed by atoms with Crippen LogP contribution in [-0.2, 0) is 7.59 Å². The molecule has 4 aromatic rings. The van der Waals surface area contributed by atoms with Gasteiger partial charge in [0.05, 0.1) is 11.0 Å². The lowest BCUT2D eigenvalue weighted by Crippen LogP contribution is -2.17. The van der Waals surface area contributed by atoms with Gasteiger partial charge in [0.2, 0.25) is 7.59 Å². The number of benzene rings is 1. The summed E-state index contributed by atoms with van der Waals surface area (Å²) in [6.07, 6.45) is 1.70. The van der Waals surface area contributed by atoms with Crippen LogP contribution in [0.3, 0.4) is 0 Å². The highest BCUT2D eigenvalue weighted by Crippen LogP contribution is 2.40. The van der Waals surface area contributed by atoms with E-state index in [9.17, 15) is 0 Å². The van der Waals surface area contributed by atoms with Gasteiger partial charge in [-0.3, -0.25) is 4.98 Å². The van der Waals surface area contributed by atoms with E-state index < -0.39 is 7.59 Å². The average Bonchev–Trinajstić information content (AvgIpc) is 2.65. The van der Waals surface area contributed by atoms with Gasteiger partial charge in [-0.1, -0.05) is 93.9 Å². The van der Waals surface area contributed by atoms with Crippen molar-refractivity contribution in [3.63, 3.8) is 0 Å². The van der Waals surface area contributed by atoms with Crippen LogP contribution in [0, 0.1) is 0 Å². The Labute approximate surface area is 188 Å². The van der Waals surface area contributed by atoms with E-state index in [4.69, 9.17) is 69.6 Å². The molecule has 0 aliphatic rings. The van der Waals surface area contributed by atoms with Crippen molar-refractivity contribution in [3.05, 3.63) is 54.2 Å². The maximum absolute atomic E-state index is 5.93. The van der Waals surface area contributed by atoms with E-state index in [0.717, 1.165) is 16.3 Å². The number of hydrogen-bond donors (Lipinski definition) is 0. The summed E-state index contributed by atoms with van der Waals surface area (Å²) < 4.78 is -3.87. The molecule has 0 unspecified atom stereocenters. The first kappa shape index (κ1) is 20.1. The second kappa shape index (κ2) is 7.24. The average molecular weight is 494 g/mol. The SMILES string of the molecule is ClC(Cl)(Cl)c1nc(-c2ccc3ccc4cccnc4c3n2)nc(C(Cl)(Cl)Cl)n1. The van der Waals surface area contributed by atoms with E-state index >= 15 is 0 Å². The largest absolute Gasteiger partial charge is 0.254 e. The number of halogens is 6. The summed E-state index contributed by atoms with van der Waals surface area (Å²) in [4.78, 5) is 21.4. The van der Waals surface area contributed by atoms with E-state index in [1.807, 2.05) is 30.3 Å². The molecule has 0 saturated heterocycles. The lowest BCUT2D eigenvalue weighted by Gasteiger charge is -2.15. The predicted octanol–water partition coefficient (Wildman–Crippen LogP) is 6.29. The van der Waals surface area contributed by atoms with Gasteiger partial charge in [-0.2, -0.15) is 0 Å². The van der Waals surface area contributed by atoms with Gasteiger partial charge in [-0.25, -0.2) is 19.9 Å². The first-order chi connectivity index (χ1) is 13.1. The first-order valence-electron chi connectivity index (χ1n) is 7.68. The van der Waals surface area contributed by atoms with Gasteiger partial charge in [-0.05, 0) is 12.1 Å². The minimum atomic E-state index is -1.94. The predicted molar refractivity (Wildman–Crippen MR) is 114 cm³/mol. The molecule has 3 heterocycles. The minimum absolute atomic E-state index is 0.104.